The number of rotatable bonds is 3. The highest BCUT2D eigenvalue weighted by Gasteiger charge is 2.27. The lowest BCUT2D eigenvalue weighted by molar-refractivity contribution is 0.253. The van der Waals surface area contributed by atoms with Gasteiger partial charge in [-0.05, 0) is 5.92 Å². The maximum absolute atomic E-state index is 11.2. The van der Waals surface area contributed by atoms with Crippen molar-refractivity contribution in [3.63, 3.8) is 0 Å². The summed E-state index contributed by atoms with van der Waals surface area (Å²) in [6, 6.07) is -0.775. The minimum atomic E-state index is -0.775. The van der Waals surface area contributed by atoms with Crippen molar-refractivity contribution < 1.29 is 4.79 Å². The van der Waals surface area contributed by atoms with Crippen LogP contribution in [0.3, 0.4) is 0 Å². The molecule has 4 N–H and O–H groups in total. The zero-order chi connectivity index (χ0) is 11.7. The lowest BCUT2D eigenvalue weighted by Gasteiger charge is -2.23. The molecule has 0 saturated carbocycles. The second-order valence-electron chi connectivity index (χ2n) is 3.76. The summed E-state index contributed by atoms with van der Waals surface area (Å²) in [7, 11) is 0. The predicted octanol–water partition coefficient (Wildman–Crippen LogP) is -0.594. The molecule has 0 spiro atoms. The van der Waals surface area contributed by atoms with E-state index in [-0.39, 0.29) is 23.8 Å². The zero-order valence-corrected chi connectivity index (χ0v) is 8.61. The Kier molecular flexibility index (Phi) is 2.78. The Morgan fingerprint density at radius 1 is 1.33 bits per heavy atom. The Morgan fingerprint density at radius 2 is 1.87 bits per heavy atom. The van der Waals surface area contributed by atoms with Gasteiger partial charge in [0, 0.05) is 6.54 Å². The van der Waals surface area contributed by atoms with Crippen molar-refractivity contribution in [3.05, 3.63) is 20.4 Å². The van der Waals surface area contributed by atoms with Crippen LogP contribution < -0.4 is 27.2 Å². The molecule has 6 heteroatoms. The van der Waals surface area contributed by atoms with Gasteiger partial charge >= 0.3 is 6.03 Å². The predicted molar refractivity (Wildman–Crippen MR) is 57.5 cm³/mol. The third-order valence-corrected chi connectivity index (χ3v) is 2.00. The molecule has 2 amide bonds. The monoisotopic (exact) mass is 211 g/mol. The lowest BCUT2D eigenvalue weighted by Crippen LogP contribution is -2.48. The molecule has 1 aromatic rings. The van der Waals surface area contributed by atoms with Crippen LogP contribution in [0.1, 0.15) is 13.8 Å². The molecule has 0 saturated heterocycles. The van der Waals surface area contributed by atoms with E-state index in [0.717, 1.165) is 4.90 Å². The maximum atomic E-state index is 11.2. The standard InChI is InChI=1S/C9H13N3O3/c1-4(2)3-12(9(11)15)6-5(10)7(13)8(6)14/h4H,3,10H2,1-2H3,(H2,11,15). The van der Waals surface area contributed by atoms with E-state index in [1.165, 1.54) is 0 Å². The highest BCUT2D eigenvalue weighted by Crippen LogP contribution is 2.17. The van der Waals surface area contributed by atoms with E-state index < -0.39 is 16.9 Å². The quantitative estimate of drug-likeness (QED) is 0.651. The Morgan fingerprint density at radius 3 is 2.20 bits per heavy atom. The number of urea groups is 1. The molecule has 1 aromatic carbocycles. The average Bonchev–Trinajstić information content (AvgIpc) is 2.15. The minimum Gasteiger partial charge on any atom is -0.394 e. The molecule has 0 bridgehead atoms. The molecule has 15 heavy (non-hydrogen) atoms. The summed E-state index contributed by atoms with van der Waals surface area (Å²) >= 11 is 0. The first-order chi connectivity index (χ1) is 6.86. The van der Waals surface area contributed by atoms with Crippen molar-refractivity contribution in [2.45, 2.75) is 13.8 Å². The van der Waals surface area contributed by atoms with Crippen molar-refractivity contribution in [2.75, 3.05) is 17.2 Å². The third-order valence-electron chi connectivity index (χ3n) is 2.00. The molecule has 0 aliphatic heterocycles. The fourth-order valence-electron chi connectivity index (χ4n) is 1.32. The number of hydrogen-bond donors (Lipinski definition) is 2. The fourth-order valence-corrected chi connectivity index (χ4v) is 1.32. The van der Waals surface area contributed by atoms with Crippen LogP contribution >= 0.6 is 0 Å². The summed E-state index contributed by atoms with van der Waals surface area (Å²) in [6.07, 6.45) is 0. The Balaban J connectivity index is 3.07. The molecule has 82 valence electrons. The molecular formula is C9H13N3O3. The van der Waals surface area contributed by atoms with E-state index >= 15 is 0 Å². The van der Waals surface area contributed by atoms with Crippen molar-refractivity contribution in [3.8, 4) is 0 Å². The van der Waals surface area contributed by atoms with E-state index in [1.807, 2.05) is 13.8 Å². The van der Waals surface area contributed by atoms with Crippen LogP contribution in [0.15, 0.2) is 9.59 Å². The molecule has 0 unspecified atom stereocenters. The van der Waals surface area contributed by atoms with Gasteiger partial charge in [0.25, 0.3) is 10.9 Å². The fraction of sp³-hybridized carbons (Fsp3) is 0.444. The number of nitrogens with zero attached hydrogens (tertiary/aromatic N) is 1. The topological polar surface area (TPSA) is 106 Å². The first kappa shape index (κ1) is 11.2. The van der Waals surface area contributed by atoms with Crippen LogP contribution in [-0.2, 0) is 0 Å². The van der Waals surface area contributed by atoms with Gasteiger partial charge in [-0.15, -0.1) is 0 Å². The Bertz CT molecular complexity index is 457. The minimum absolute atomic E-state index is 0.0683. The summed E-state index contributed by atoms with van der Waals surface area (Å²) in [5.74, 6) is 0.126. The zero-order valence-electron chi connectivity index (χ0n) is 8.61. The van der Waals surface area contributed by atoms with Gasteiger partial charge in [0.1, 0.15) is 11.4 Å². The van der Waals surface area contributed by atoms with E-state index in [1.54, 1.807) is 0 Å². The summed E-state index contributed by atoms with van der Waals surface area (Å²) < 4.78 is 0. The molecule has 0 fully saturated rings. The third kappa shape index (κ3) is 1.83. The van der Waals surface area contributed by atoms with Crippen LogP contribution in [0.4, 0.5) is 16.2 Å². The van der Waals surface area contributed by atoms with E-state index in [9.17, 15) is 14.4 Å². The van der Waals surface area contributed by atoms with E-state index in [2.05, 4.69) is 0 Å². The van der Waals surface area contributed by atoms with Crippen molar-refractivity contribution in [2.24, 2.45) is 11.7 Å². The first-order valence-electron chi connectivity index (χ1n) is 4.52. The number of nitrogen functional groups attached to an aromatic ring is 1. The molecule has 6 nitrogen and oxygen atoms in total. The number of nitrogens with two attached hydrogens (primary N) is 2. The van der Waals surface area contributed by atoms with Gasteiger partial charge in [0.15, 0.2) is 0 Å². The highest BCUT2D eigenvalue weighted by atomic mass is 16.2. The molecule has 0 aliphatic rings. The van der Waals surface area contributed by atoms with Gasteiger partial charge in [-0.2, -0.15) is 0 Å². The van der Waals surface area contributed by atoms with Crippen LogP contribution in [-0.4, -0.2) is 12.6 Å². The largest absolute Gasteiger partial charge is 0.394 e. The number of carbonyl (C=O) groups is 1. The van der Waals surface area contributed by atoms with Crippen LogP contribution in [0.5, 0.6) is 0 Å². The SMILES string of the molecule is CC(C)CN(C(N)=O)c1c(N)c(=O)c1=O. The first-order valence-corrected chi connectivity index (χ1v) is 4.52. The van der Waals surface area contributed by atoms with E-state index in [4.69, 9.17) is 11.5 Å². The second-order valence-corrected chi connectivity index (χ2v) is 3.76. The maximum Gasteiger partial charge on any atom is 0.319 e. The van der Waals surface area contributed by atoms with Crippen LogP contribution in [0.25, 0.3) is 0 Å². The van der Waals surface area contributed by atoms with Gasteiger partial charge in [0.2, 0.25) is 0 Å². The average molecular weight is 211 g/mol. The van der Waals surface area contributed by atoms with Crippen molar-refractivity contribution in [1.29, 1.82) is 0 Å². The van der Waals surface area contributed by atoms with Gasteiger partial charge in [-0.1, -0.05) is 13.8 Å². The van der Waals surface area contributed by atoms with Crippen molar-refractivity contribution in [1.82, 2.24) is 0 Å². The van der Waals surface area contributed by atoms with Crippen molar-refractivity contribution >= 4 is 17.4 Å². The van der Waals surface area contributed by atoms with Gasteiger partial charge < -0.3 is 11.5 Å². The van der Waals surface area contributed by atoms with E-state index in [0.29, 0.717) is 0 Å². The molecule has 0 heterocycles. The lowest BCUT2D eigenvalue weighted by atomic mass is 10.1. The summed E-state index contributed by atoms with van der Waals surface area (Å²) in [4.78, 5) is 34.1. The highest BCUT2D eigenvalue weighted by molar-refractivity contribution is 5.95. The van der Waals surface area contributed by atoms with Crippen LogP contribution in [0.2, 0.25) is 0 Å². The van der Waals surface area contributed by atoms with Gasteiger partial charge in [0.05, 0.1) is 0 Å². The molecule has 0 radical (unpaired) electrons. The molecule has 0 aromatic heterocycles. The summed E-state index contributed by atoms with van der Waals surface area (Å²) in [6.45, 7) is 3.99. The normalized spacial score (nSPS) is 10.9. The van der Waals surface area contributed by atoms with Gasteiger partial charge in [-0.3, -0.25) is 14.5 Å². The number of amides is 2. The summed E-state index contributed by atoms with van der Waals surface area (Å²) in [5.41, 5.74) is 8.69. The smallest absolute Gasteiger partial charge is 0.319 e. The summed E-state index contributed by atoms with van der Waals surface area (Å²) in [5, 5.41) is 0. The second kappa shape index (κ2) is 3.72. The number of primary amides is 1. The number of hydrogen-bond acceptors (Lipinski definition) is 4. The molecule has 0 aliphatic carbocycles. The Hall–Kier alpha value is -1.85. The number of anilines is 2. The molecular weight excluding hydrogens is 198 g/mol. The Labute approximate surface area is 86.2 Å². The molecule has 1 rings (SSSR count). The molecule has 0 atom stereocenters. The van der Waals surface area contributed by atoms with Crippen LogP contribution in [0, 0.1) is 5.92 Å². The van der Waals surface area contributed by atoms with Gasteiger partial charge in [-0.25, -0.2) is 4.79 Å². The number of carbonyl (C=O) groups excluding carboxylic acids is 1.